The van der Waals surface area contributed by atoms with Gasteiger partial charge in [-0.15, -0.1) is 0 Å². The van der Waals surface area contributed by atoms with E-state index in [9.17, 15) is 14.9 Å². The number of likely N-dealkylation sites (N-methyl/N-ethyl adjacent to an activating group) is 1. The molecular weight excluding hydrogens is 358 g/mol. The lowest BCUT2D eigenvalue weighted by Crippen LogP contribution is -2.45. The smallest absolute Gasteiger partial charge is 0.270 e. The van der Waals surface area contributed by atoms with Crippen LogP contribution in [0.4, 0.5) is 5.69 Å². The number of carbonyl (C=O) groups is 1. The Balaban J connectivity index is 2.16. The monoisotopic (exact) mass is 385 g/mol. The number of methoxy groups -OCH3 is 1. The van der Waals surface area contributed by atoms with Crippen LogP contribution in [0.25, 0.3) is 0 Å². The average Bonchev–Trinajstić information content (AvgIpc) is 2.72. The van der Waals surface area contributed by atoms with Gasteiger partial charge in [0, 0.05) is 24.7 Å². The third kappa shape index (κ3) is 5.53. The number of ether oxygens (including phenoxy) is 1. The highest BCUT2D eigenvalue weighted by atomic mass is 16.6. The summed E-state index contributed by atoms with van der Waals surface area (Å²) in [6, 6.07) is 14.3. The highest BCUT2D eigenvalue weighted by Gasteiger charge is 2.21. The molecule has 2 rings (SSSR count). The van der Waals surface area contributed by atoms with Crippen LogP contribution in [0.15, 0.2) is 48.5 Å². The molecule has 2 aromatic carbocycles. The minimum atomic E-state index is -0.523. The van der Waals surface area contributed by atoms with Crippen LogP contribution in [-0.2, 0) is 6.42 Å². The van der Waals surface area contributed by atoms with Crippen LogP contribution in [0.3, 0.4) is 0 Å². The van der Waals surface area contributed by atoms with Gasteiger partial charge in [-0.1, -0.05) is 44.2 Å². The summed E-state index contributed by atoms with van der Waals surface area (Å²) < 4.78 is 5.20. The van der Waals surface area contributed by atoms with E-state index in [0.717, 1.165) is 19.5 Å². The lowest BCUT2D eigenvalue weighted by molar-refractivity contribution is -0.384. The number of carbonyl (C=O) groups excluding carboxylic acids is 1. The Morgan fingerprint density at radius 2 is 1.86 bits per heavy atom. The number of nitro groups is 1. The Labute approximate surface area is 165 Å². The average molecular weight is 385 g/mol. The summed E-state index contributed by atoms with van der Waals surface area (Å²) in [5, 5.41) is 14.0. The molecule has 1 amide bonds. The first-order valence-electron chi connectivity index (χ1n) is 9.38. The second-order valence-corrected chi connectivity index (χ2v) is 6.42. The van der Waals surface area contributed by atoms with Gasteiger partial charge in [0.1, 0.15) is 5.75 Å². The first-order chi connectivity index (χ1) is 13.5. The molecule has 0 saturated heterocycles. The van der Waals surface area contributed by atoms with E-state index >= 15 is 0 Å². The molecule has 0 saturated carbocycles. The van der Waals surface area contributed by atoms with E-state index in [1.807, 2.05) is 18.2 Å². The second-order valence-electron chi connectivity index (χ2n) is 6.42. The summed E-state index contributed by atoms with van der Waals surface area (Å²) in [6.45, 7) is 6.34. The molecular formula is C21H27N3O4. The minimum absolute atomic E-state index is 0.117. The largest absolute Gasteiger partial charge is 0.496 e. The van der Waals surface area contributed by atoms with Crippen molar-refractivity contribution in [1.82, 2.24) is 10.2 Å². The van der Waals surface area contributed by atoms with Crippen LogP contribution in [0.1, 0.15) is 29.8 Å². The summed E-state index contributed by atoms with van der Waals surface area (Å²) in [5.41, 5.74) is 1.21. The summed E-state index contributed by atoms with van der Waals surface area (Å²) in [5.74, 6) is -0.0729. The standard InChI is InChI=1S/C21H27N3O4/c1-4-23(5-2)18(13-16-9-7-6-8-10-16)15-22-21(25)19-14-17(24(26)27)11-12-20(19)28-3/h6-12,14,18H,4-5,13,15H2,1-3H3,(H,22,25). The zero-order valence-corrected chi connectivity index (χ0v) is 16.6. The van der Waals surface area contributed by atoms with E-state index in [1.165, 1.54) is 30.9 Å². The molecule has 0 aliphatic heterocycles. The highest BCUT2D eigenvalue weighted by Crippen LogP contribution is 2.24. The summed E-state index contributed by atoms with van der Waals surface area (Å²) in [7, 11) is 1.44. The lowest BCUT2D eigenvalue weighted by Gasteiger charge is -2.30. The van der Waals surface area contributed by atoms with Gasteiger partial charge in [0.05, 0.1) is 17.6 Å². The Morgan fingerprint density at radius 3 is 2.43 bits per heavy atom. The summed E-state index contributed by atoms with van der Waals surface area (Å²) in [4.78, 5) is 25.5. The van der Waals surface area contributed by atoms with Gasteiger partial charge in [0.25, 0.3) is 11.6 Å². The van der Waals surface area contributed by atoms with Crippen molar-refractivity contribution in [2.45, 2.75) is 26.3 Å². The van der Waals surface area contributed by atoms with Crippen molar-refractivity contribution in [3.63, 3.8) is 0 Å². The maximum atomic E-state index is 12.7. The van der Waals surface area contributed by atoms with Crippen LogP contribution in [-0.4, -0.2) is 48.5 Å². The van der Waals surface area contributed by atoms with Gasteiger partial charge >= 0.3 is 0 Å². The molecule has 0 fully saturated rings. The van der Waals surface area contributed by atoms with Crippen LogP contribution in [0, 0.1) is 10.1 Å². The first kappa shape index (κ1) is 21.4. The predicted octanol–water partition coefficient (Wildman–Crippen LogP) is 3.29. The molecule has 1 N–H and O–H groups in total. The molecule has 1 unspecified atom stereocenters. The number of non-ortho nitro benzene ring substituents is 1. The number of benzene rings is 2. The number of nitro benzene ring substituents is 1. The van der Waals surface area contributed by atoms with Gasteiger partial charge in [-0.05, 0) is 31.1 Å². The molecule has 0 heterocycles. The molecule has 0 aliphatic carbocycles. The van der Waals surface area contributed by atoms with Gasteiger partial charge in [-0.3, -0.25) is 19.8 Å². The summed E-state index contributed by atoms with van der Waals surface area (Å²) >= 11 is 0. The van der Waals surface area contributed by atoms with Crippen LogP contribution >= 0.6 is 0 Å². The molecule has 0 radical (unpaired) electrons. The van der Waals surface area contributed by atoms with E-state index in [0.29, 0.717) is 12.3 Å². The van der Waals surface area contributed by atoms with Crippen molar-refractivity contribution >= 4 is 11.6 Å². The maximum absolute atomic E-state index is 12.7. The molecule has 150 valence electrons. The van der Waals surface area contributed by atoms with Gasteiger partial charge in [0.15, 0.2) is 0 Å². The van der Waals surface area contributed by atoms with E-state index in [1.54, 1.807) is 0 Å². The molecule has 0 bridgehead atoms. The zero-order valence-electron chi connectivity index (χ0n) is 16.6. The third-order valence-electron chi connectivity index (χ3n) is 4.78. The van der Waals surface area contributed by atoms with Crippen LogP contribution in [0.5, 0.6) is 5.75 Å². The zero-order chi connectivity index (χ0) is 20.5. The molecule has 7 heteroatoms. The van der Waals surface area contributed by atoms with Crippen molar-refractivity contribution < 1.29 is 14.5 Å². The Hall–Kier alpha value is -2.93. The van der Waals surface area contributed by atoms with E-state index < -0.39 is 4.92 Å². The molecule has 0 spiro atoms. The Kier molecular flexibility index (Phi) is 7.95. The Bertz CT molecular complexity index is 791. The second kappa shape index (κ2) is 10.4. The summed E-state index contributed by atoms with van der Waals surface area (Å²) in [6.07, 6.45) is 0.800. The number of hydrogen-bond donors (Lipinski definition) is 1. The molecule has 0 aliphatic rings. The fourth-order valence-corrected chi connectivity index (χ4v) is 3.25. The number of hydrogen-bond acceptors (Lipinski definition) is 5. The topological polar surface area (TPSA) is 84.7 Å². The molecule has 28 heavy (non-hydrogen) atoms. The molecule has 7 nitrogen and oxygen atoms in total. The van der Waals surface area contributed by atoms with Gasteiger partial charge in [0.2, 0.25) is 0 Å². The van der Waals surface area contributed by atoms with Gasteiger partial charge < -0.3 is 10.1 Å². The predicted molar refractivity (Wildman–Crippen MR) is 109 cm³/mol. The van der Waals surface area contributed by atoms with Gasteiger partial charge in [-0.25, -0.2) is 0 Å². The van der Waals surface area contributed by atoms with Crippen molar-refractivity contribution in [2.24, 2.45) is 0 Å². The van der Waals surface area contributed by atoms with Gasteiger partial charge in [-0.2, -0.15) is 0 Å². The van der Waals surface area contributed by atoms with Crippen molar-refractivity contribution in [3.8, 4) is 5.75 Å². The lowest BCUT2D eigenvalue weighted by atomic mass is 10.0. The maximum Gasteiger partial charge on any atom is 0.270 e. The van der Waals surface area contributed by atoms with Crippen molar-refractivity contribution in [3.05, 3.63) is 69.8 Å². The minimum Gasteiger partial charge on any atom is -0.496 e. The number of nitrogens with one attached hydrogen (secondary N) is 1. The van der Waals surface area contributed by atoms with Crippen molar-refractivity contribution in [2.75, 3.05) is 26.7 Å². The van der Waals surface area contributed by atoms with Crippen LogP contribution < -0.4 is 10.1 Å². The highest BCUT2D eigenvalue weighted by molar-refractivity contribution is 5.97. The van der Waals surface area contributed by atoms with Crippen molar-refractivity contribution in [1.29, 1.82) is 0 Å². The van der Waals surface area contributed by atoms with E-state index in [-0.39, 0.29) is 23.2 Å². The molecule has 2 aromatic rings. The fourth-order valence-electron chi connectivity index (χ4n) is 3.25. The Morgan fingerprint density at radius 1 is 1.18 bits per heavy atom. The van der Waals surface area contributed by atoms with Crippen LogP contribution in [0.2, 0.25) is 0 Å². The van der Waals surface area contributed by atoms with E-state index in [4.69, 9.17) is 4.74 Å². The number of rotatable bonds is 10. The fraction of sp³-hybridized carbons (Fsp3) is 0.381. The number of amides is 1. The number of nitrogens with zero attached hydrogens (tertiary/aromatic N) is 2. The third-order valence-corrected chi connectivity index (χ3v) is 4.78. The molecule has 1 atom stereocenters. The quantitative estimate of drug-likeness (QED) is 0.501. The first-order valence-corrected chi connectivity index (χ1v) is 9.38. The van der Waals surface area contributed by atoms with E-state index in [2.05, 4.69) is 36.2 Å². The molecule has 0 aromatic heterocycles. The SMILES string of the molecule is CCN(CC)C(CNC(=O)c1cc([N+](=O)[O-])ccc1OC)Cc1ccccc1. The normalized spacial score (nSPS) is 11.9.